The van der Waals surface area contributed by atoms with Gasteiger partial charge in [-0.05, 0) is 43.9 Å². The first-order chi connectivity index (χ1) is 6.33. The van der Waals surface area contributed by atoms with E-state index in [4.69, 9.17) is 0 Å². The molecule has 0 spiro atoms. The number of hydrogen-bond acceptors (Lipinski definition) is 1. The van der Waals surface area contributed by atoms with E-state index in [-0.39, 0.29) is 0 Å². The maximum atomic E-state index is 11.5. The van der Waals surface area contributed by atoms with E-state index in [0.717, 1.165) is 24.7 Å². The SMILES string of the molecule is O=C(N[C@H]1C[C@H]2CC[C@H]1C2)C1CC1. The summed E-state index contributed by atoms with van der Waals surface area (Å²) in [5, 5.41) is 3.23. The van der Waals surface area contributed by atoms with Gasteiger partial charge in [-0.1, -0.05) is 6.42 Å². The fourth-order valence-electron chi connectivity index (χ4n) is 3.07. The Bertz CT molecular complexity index is 234. The molecule has 1 amide bonds. The molecule has 3 fully saturated rings. The van der Waals surface area contributed by atoms with Crippen molar-refractivity contribution in [1.82, 2.24) is 5.32 Å². The molecule has 72 valence electrons. The zero-order chi connectivity index (χ0) is 8.84. The Morgan fingerprint density at radius 1 is 1.08 bits per heavy atom. The Labute approximate surface area is 79.1 Å². The lowest BCUT2D eigenvalue weighted by molar-refractivity contribution is -0.123. The van der Waals surface area contributed by atoms with Crippen molar-refractivity contribution in [2.24, 2.45) is 17.8 Å². The summed E-state index contributed by atoms with van der Waals surface area (Å²) in [6.45, 7) is 0. The molecule has 2 nitrogen and oxygen atoms in total. The number of carbonyl (C=O) groups is 1. The van der Waals surface area contributed by atoms with Crippen LogP contribution in [0.2, 0.25) is 0 Å². The summed E-state index contributed by atoms with van der Waals surface area (Å²) in [5.41, 5.74) is 0. The van der Waals surface area contributed by atoms with Gasteiger partial charge in [-0.3, -0.25) is 4.79 Å². The minimum Gasteiger partial charge on any atom is -0.353 e. The molecule has 0 aromatic carbocycles. The van der Waals surface area contributed by atoms with Crippen molar-refractivity contribution in [1.29, 1.82) is 0 Å². The first-order valence-corrected chi connectivity index (χ1v) is 5.63. The van der Waals surface area contributed by atoms with E-state index in [1.807, 2.05) is 0 Å². The van der Waals surface area contributed by atoms with Crippen LogP contribution in [0, 0.1) is 17.8 Å². The molecule has 3 atom stereocenters. The molecule has 3 aliphatic rings. The summed E-state index contributed by atoms with van der Waals surface area (Å²) in [6.07, 6.45) is 7.69. The Kier molecular flexibility index (Phi) is 1.64. The maximum absolute atomic E-state index is 11.5. The monoisotopic (exact) mass is 179 g/mol. The van der Waals surface area contributed by atoms with Crippen LogP contribution in [0.15, 0.2) is 0 Å². The standard InChI is InChI=1S/C11H17NO/c13-11(8-3-4-8)12-10-6-7-1-2-9(10)5-7/h7-10H,1-6H2,(H,12,13)/t7-,9-,10-/m0/s1. The largest absolute Gasteiger partial charge is 0.353 e. The Morgan fingerprint density at radius 2 is 1.92 bits per heavy atom. The summed E-state index contributed by atoms with van der Waals surface area (Å²) in [6, 6.07) is 0.548. The Balaban J connectivity index is 1.58. The second kappa shape index (κ2) is 2.73. The smallest absolute Gasteiger partial charge is 0.223 e. The van der Waals surface area contributed by atoms with Crippen molar-refractivity contribution < 1.29 is 4.79 Å². The van der Waals surface area contributed by atoms with Crippen LogP contribution in [0.25, 0.3) is 0 Å². The first-order valence-electron chi connectivity index (χ1n) is 5.63. The van der Waals surface area contributed by atoms with Crippen molar-refractivity contribution in [3.8, 4) is 0 Å². The van der Waals surface area contributed by atoms with Gasteiger partial charge in [0.2, 0.25) is 5.91 Å². The van der Waals surface area contributed by atoms with Gasteiger partial charge >= 0.3 is 0 Å². The van der Waals surface area contributed by atoms with Crippen LogP contribution in [0.1, 0.15) is 38.5 Å². The van der Waals surface area contributed by atoms with E-state index >= 15 is 0 Å². The molecule has 13 heavy (non-hydrogen) atoms. The predicted molar refractivity (Wildman–Crippen MR) is 50.1 cm³/mol. The number of amides is 1. The average Bonchev–Trinajstić information content (AvgIpc) is 2.79. The lowest BCUT2D eigenvalue weighted by atomic mass is 9.95. The molecule has 1 N–H and O–H groups in total. The number of rotatable bonds is 2. The van der Waals surface area contributed by atoms with E-state index < -0.39 is 0 Å². The molecule has 0 aliphatic heterocycles. The van der Waals surface area contributed by atoms with Crippen molar-refractivity contribution in [3.63, 3.8) is 0 Å². The van der Waals surface area contributed by atoms with Gasteiger partial charge in [0.15, 0.2) is 0 Å². The van der Waals surface area contributed by atoms with Crippen LogP contribution in [0.3, 0.4) is 0 Å². The van der Waals surface area contributed by atoms with Gasteiger partial charge in [0.1, 0.15) is 0 Å². The van der Waals surface area contributed by atoms with Crippen LogP contribution in [0.5, 0.6) is 0 Å². The summed E-state index contributed by atoms with van der Waals surface area (Å²) < 4.78 is 0. The zero-order valence-electron chi connectivity index (χ0n) is 7.96. The Hall–Kier alpha value is -0.530. The normalized spacial score (nSPS) is 42.3. The number of carbonyl (C=O) groups excluding carboxylic acids is 1. The van der Waals surface area contributed by atoms with Crippen LogP contribution in [-0.4, -0.2) is 11.9 Å². The molecule has 0 aromatic heterocycles. The number of hydrogen-bond donors (Lipinski definition) is 1. The second-order valence-electron chi connectivity index (χ2n) is 5.06. The summed E-state index contributed by atoms with van der Waals surface area (Å²) in [7, 11) is 0. The van der Waals surface area contributed by atoms with Gasteiger partial charge in [0, 0.05) is 12.0 Å². The third-order valence-electron chi connectivity index (χ3n) is 4.01. The molecular weight excluding hydrogens is 162 g/mol. The highest BCUT2D eigenvalue weighted by Gasteiger charge is 2.41. The van der Waals surface area contributed by atoms with Gasteiger partial charge in [-0.2, -0.15) is 0 Å². The van der Waals surface area contributed by atoms with Crippen molar-refractivity contribution in [3.05, 3.63) is 0 Å². The molecule has 0 radical (unpaired) electrons. The highest BCUT2D eigenvalue weighted by molar-refractivity contribution is 5.81. The number of nitrogens with one attached hydrogen (secondary N) is 1. The molecule has 2 bridgehead atoms. The van der Waals surface area contributed by atoms with E-state index in [0.29, 0.717) is 17.9 Å². The minimum atomic E-state index is 0.345. The van der Waals surface area contributed by atoms with Gasteiger partial charge in [-0.15, -0.1) is 0 Å². The fourth-order valence-corrected chi connectivity index (χ4v) is 3.07. The average molecular weight is 179 g/mol. The molecule has 0 unspecified atom stereocenters. The highest BCUT2D eigenvalue weighted by atomic mass is 16.2. The van der Waals surface area contributed by atoms with Gasteiger partial charge in [0.05, 0.1) is 0 Å². The minimum absolute atomic E-state index is 0.345. The third-order valence-corrected chi connectivity index (χ3v) is 4.01. The molecule has 0 saturated heterocycles. The van der Waals surface area contributed by atoms with E-state index in [1.54, 1.807) is 0 Å². The van der Waals surface area contributed by atoms with Crippen molar-refractivity contribution in [2.75, 3.05) is 0 Å². The van der Waals surface area contributed by atoms with Gasteiger partial charge < -0.3 is 5.32 Å². The summed E-state index contributed by atoms with van der Waals surface area (Å²) in [4.78, 5) is 11.5. The third kappa shape index (κ3) is 1.36. The zero-order valence-corrected chi connectivity index (χ0v) is 7.96. The molecule has 2 heteroatoms. The molecule has 3 saturated carbocycles. The molecular formula is C11H17NO. The van der Waals surface area contributed by atoms with E-state index in [9.17, 15) is 4.79 Å². The van der Waals surface area contributed by atoms with Crippen LogP contribution in [0.4, 0.5) is 0 Å². The lowest BCUT2D eigenvalue weighted by Gasteiger charge is -2.22. The molecule has 0 aromatic rings. The lowest BCUT2D eigenvalue weighted by Crippen LogP contribution is -2.39. The van der Waals surface area contributed by atoms with E-state index in [2.05, 4.69) is 5.32 Å². The van der Waals surface area contributed by atoms with Crippen molar-refractivity contribution in [2.45, 2.75) is 44.6 Å². The quantitative estimate of drug-likeness (QED) is 0.687. The van der Waals surface area contributed by atoms with Gasteiger partial charge in [-0.25, -0.2) is 0 Å². The second-order valence-corrected chi connectivity index (χ2v) is 5.06. The van der Waals surface area contributed by atoms with Crippen LogP contribution < -0.4 is 5.32 Å². The number of fused-ring (bicyclic) bond motifs is 2. The van der Waals surface area contributed by atoms with E-state index in [1.165, 1.54) is 25.7 Å². The van der Waals surface area contributed by atoms with Crippen molar-refractivity contribution >= 4 is 5.91 Å². The summed E-state index contributed by atoms with van der Waals surface area (Å²) in [5.74, 6) is 2.50. The molecule has 3 aliphatic carbocycles. The first kappa shape index (κ1) is 7.84. The van der Waals surface area contributed by atoms with Gasteiger partial charge in [0.25, 0.3) is 0 Å². The maximum Gasteiger partial charge on any atom is 0.223 e. The fraction of sp³-hybridized carbons (Fsp3) is 0.909. The van der Waals surface area contributed by atoms with Crippen LogP contribution >= 0.6 is 0 Å². The molecule has 0 heterocycles. The van der Waals surface area contributed by atoms with Crippen LogP contribution in [-0.2, 0) is 4.79 Å². The Morgan fingerprint density at radius 3 is 2.46 bits per heavy atom. The summed E-state index contributed by atoms with van der Waals surface area (Å²) >= 11 is 0. The molecule has 3 rings (SSSR count). The predicted octanol–water partition coefficient (Wildman–Crippen LogP) is 1.70. The highest BCUT2D eigenvalue weighted by Crippen LogP contribution is 2.44. The topological polar surface area (TPSA) is 29.1 Å².